The van der Waals surface area contributed by atoms with E-state index in [0.29, 0.717) is 24.1 Å². The van der Waals surface area contributed by atoms with Crippen molar-refractivity contribution in [1.29, 1.82) is 0 Å². The predicted octanol–water partition coefficient (Wildman–Crippen LogP) is 3.27. The van der Waals surface area contributed by atoms with Crippen molar-refractivity contribution in [2.45, 2.75) is 19.8 Å². The van der Waals surface area contributed by atoms with Gasteiger partial charge in [0.2, 0.25) is 11.8 Å². The molecule has 3 N–H and O–H groups in total. The molecule has 0 saturated carbocycles. The molecule has 0 saturated heterocycles. The molecule has 3 aromatic rings. The fourth-order valence-electron chi connectivity index (χ4n) is 3.50. The molecule has 7 nitrogen and oxygen atoms in total. The van der Waals surface area contributed by atoms with Crippen LogP contribution in [0, 0.1) is 6.92 Å². The molecule has 0 unspecified atom stereocenters. The molecule has 2 amide bonds. The highest BCUT2D eigenvalue weighted by atomic mass is 16.5. The fourth-order valence-corrected chi connectivity index (χ4v) is 3.50. The summed E-state index contributed by atoms with van der Waals surface area (Å²) in [4.78, 5) is 34.2. The van der Waals surface area contributed by atoms with Crippen molar-refractivity contribution in [3.8, 4) is 16.9 Å². The first-order chi connectivity index (χ1) is 14.9. The SMILES string of the molecule is COCC(=O)Nc1ccc(-c2ccc(CCC=O)n2-c2ccc(C(N)=O)cc2C)cc1. The maximum Gasteiger partial charge on any atom is 0.250 e. The summed E-state index contributed by atoms with van der Waals surface area (Å²) >= 11 is 0. The number of methoxy groups -OCH3 is 1. The zero-order valence-corrected chi connectivity index (χ0v) is 17.6. The van der Waals surface area contributed by atoms with E-state index in [1.807, 2.05) is 49.4 Å². The molecule has 0 aliphatic heterocycles. The Kier molecular flexibility index (Phi) is 6.99. The van der Waals surface area contributed by atoms with Crippen LogP contribution in [0.2, 0.25) is 0 Å². The predicted molar refractivity (Wildman–Crippen MR) is 119 cm³/mol. The number of carbonyl (C=O) groups excluding carboxylic acids is 3. The normalized spacial score (nSPS) is 10.6. The van der Waals surface area contributed by atoms with Crippen molar-refractivity contribution < 1.29 is 19.1 Å². The second-order valence-electron chi connectivity index (χ2n) is 7.17. The average molecular weight is 419 g/mol. The summed E-state index contributed by atoms with van der Waals surface area (Å²) in [5.74, 6) is -0.699. The molecular formula is C24H25N3O4. The van der Waals surface area contributed by atoms with E-state index in [9.17, 15) is 14.4 Å². The molecule has 0 atom stereocenters. The van der Waals surface area contributed by atoms with E-state index in [-0.39, 0.29) is 12.5 Å². The van der Waals surface area contributed by atoms with Gasteiger partial charge in [-0.2, -0.15) is 0 Å². The molecule has 0 aliphatic rings. The Balaban J connectivity index is 2.02. The number of amides is 2. The maximum absolute atomic E-state index is 11.7. The zero-order valence-electron chi connectivity index (χ0n) is 17.6. The largest absolute Gasteiger partial charge is 0.375 e. The number of nitrogens with one attached hydrogen (secondary N) is 1. The Labute approximate surface area is 180 Å². The van der Waals surface area contributed by atoms with E-state index in [1.54, 1.807) is 12.1 Å². The molecule has 0 spiro atoms. The third kappa shape index (κ3) is 5.07. The Hall–Kier alpha value is -3.71. The summed E-state index contributed by atoms with van der Waals surface area (Å²) in [6, 6.07) is 16.8. The van der Waals surface area contributed by atoms with Gasteiger partial charge in [0, 0.05) is 36.2 Å². The first-order valence-electron chi connectivity index (χ1n) is 9.89. The molecule has 0 fully saturated rings. The first kappa shape index (κ1) is 22.0. The van der Waals surface area contributed by atoms with Crippen LogP contribution in [-0.4, -0.2) is 36.4 Å². The molecular weight excluding hydrogens is 394 g/mol. The van der Waals surface area contributed by atoms with Crippen molar-refractivity contribution in [2.24, 2.45) is 5.73 Å². The number of nitrogens with zero attached hydrogens (tertiary/aromatic N) is 1. The van der Waals surface area contributed by atoms with E-state index in [0.717, 1.165) is 34.5 Å². The maximum atomic E-state index is 11.7. The monoisotopic (exact) mass is 419 g/mol. The standard InChI is InChI=1S/C24H25N3O4/c1-16-14-18(24(25)30)7-11-21(16)27-20(4-3-13-28)10-12-22(27)17-5-8-19(9-6-17)26-23(29)15-31-2/h5-14H,3-4,15H2,1-2H3,(H2,25,30)(H,26,29). The van der Waals surface area contributed by atoms with Crippen molar-refractivity contribution in [2.75, 3.05) is 19.0 Å². The number of benzene rings is 2. The molecule has 1 heterocycles. The molecule has 0 bridgehead atoms. The summed E-state index contributed by atoms with van der Waals surface area (Å²) in [7, 11) is 1.47. The van der Waals surface area contributed by atoms with E-state index in [4.69, 9.17) is 10.5 Å². The second-order valence-corrected chi connectivity index (χ2v) is 7.17. The Morgan fingerprint density at radius 1 is 1.10 bits per heavy atom. The summed E-state index contributed by atoms with van der Waals surface area (Å²) in [5.41, 5.74) is 11.2. The number of nitrogens with two attached hydrogens (primary N) is 1. The van der Waals surface area contributed by atoms with Crippen molar-refractivity contribution >= 4 is 23.8 Å². The quantitative estimate of drug-likeness (QED) is 0.520. The lowest BCUT2D eigenvalue weighted by atomic mass is 10.1. The van der Waals surface area contributed by atoms with Crippen LogP contribution in [0.15, 0.2) is 54.6 Å². The molecule has 7 heteroatoms. The Bertz CT molecular complexity index is 1100. The topological polar surface area (TPSA) is 103 Å². The smallest absolute Gasteiger partial charge is 0.250 e. The number of ether oxygens (including phenoxy) is 1. The van der Waals surface area contributed by atoms with Gasteiger partial charge in [0.15, 0.2) is 0 Å². The van der Waals surface area contributed by atoms with Gasteiger partial charge in [-0.15, -0.1) is 0 Å². The minimum atomic E-state index is -0.477. The number of hydrogen-bond donors (Lipinski definition) is 2. The number of aromatic nitrogens is 1. The molecule has 31 heavy (non-hydrogen) atoms. The number of primary amides is 1. The highest BCUT2D eigenvalue weighted by Gasteiger charge is 2.15. The van der Waals surface area contributed by atoms with Gasteiger partial charge in [-0.25, -0.2) is 0 Å². The Morgan fingerprint density at radius 2 is 1.84 bits per heavy atom. The van der Waals surface area contributed by atoms with Crippen LogP contribution in [0.25, 0.3) is 16.9 Å². The first-order valence-corrected chi connectivity index (χ1v) is 9.89. The number of aryl methyl sites for hydroxylation is 2. The summed E-state index contributed by atoms with van der Waals surface area (Å²) in [5, 5.41) is 2.77. The number of hydrogen-bond acceptors (Lipinski definition) is 4. The van der Waals surface area contributed by atoms with Crippen molar-refractivity contribution in [1.82, 2.24) is 4.57 Å². The van der Waals surface area contributed by atoms with Gasteiger partial charge in [-0.05, 0) is 66.9 Å². The zero-order chi connectivity index (χ0) is 22.4. The Morgan fingerprint density at radius 3 is 2.45 bits per heavy atom. The highest BCUT2D eigenvalue weighted by molar-refractivity contribution is 5.93. The lowest BCUT2D eigenvalue weighted by molar-refractivity contribution is -0.119. The summed E-state index contributed by atoms with van der Waals surface area (Å²) < 4.78 is 6.92. The molecule has 0 aliphatic carbocycles. The van der Waals surface area contributed by atoms with Crippen LogP contribution in [0.3, 0.4) is 0 Å². The van der Waals surface area contributed by atoms with Crippen LogP contribution in [0.5, 0.6) is 0 Å². The van der Waals surface area contributed by atoms with Gasteiger partial charge in [0.1, 0.15) is 12.9 Å². The highest BCUT2D eigenvalue weighted by Crippen LogP contribution is 2.30. The van der Waals surface area contributed by atoms with Crippen LogP contribution >= 0.6 is 0 Å². The molecule has 0 radical (unpaired) electrons. The van der Waals surface area contributed by atoms with Crippen LogP contribution < -0.4 is 11.1 Å². The molecule has 160 valence electrons. The minimum absolute atomic E-state index is 0.00866. The fraction of sp³-hybridized carbons (Fsp3) is 0.208. The van der Waals surface area contributed by atoms with E-state index < -0.39 is 5.91 Å². The molecule has 2 aromatic carbocycles. The number of rotatable bonds is 9. The van der Waals surface area contributed by atoms with Gasteiger partial charge in [0.05, 0.1) is 5.69 Å². The van der Waals surface area contributed by atoms with Crippen LogP contribution in [0.1, 0.15) is 28.0 Å². The molecule has 3 rings (SSSR count). The third-order valence-corrected chi connectivity index (χ3v) is 4.94. The van der Waals surface area contributed by atoms with Gasteiger partial charge in [-0.1, -0.05) is 12.1 Å². The summed E-state index contributed by atoms with van der Waals surface area (Å²) in [6.07, 6.45) is 1.90. The van der Waals surface area contributed by atoms with Crippen LogP contribution in [0.4, 0.5) is 5.69 Å². The van der Waals surface area contributed by atoms with E-state index >= 15 is 0 Å². The van der Waals surface area contributed by atoms with E-state index in [2.05, 4.69) is 9.88 Å². The second kappa shape index (κ2) is 9.86. The van der Waals surface area contributed by atoms with Gasteiger partial charge >= 0.3 is 0 Å². The lowest BCUT2D eigenvalue weighted by Crippen LogP contribution is -2.16. The lowest BCUT2D eigenvalue weighted by Gasteiger charge is -2.17. The van der Waals surface area contributed by atoms with Crippen molar-refractivity contribution in [3.63, 3.8) is 0 Å². The number of anilines is 1. The van der Waals surface area contributed by atoms with Crippen LogP contribution in [-0.2, 0) is 20.7 Å². The van der Waals surface area contributed by atoms with E-state index in [1.165, 1.54) is 7.11 Å². The number of aldehydes is 1. The van der Waals surface area contributed by atoms with Gasteiger partial charge < -0.3 is 25.1 Å². The van der Waals surface area contributed by atoms with Crippen molar-refractivity contribution in [3.05, 3.63) is 71.4 Å². The molecule has 1 aromatic heterocycles. The summed E-state index contributed by atoms with van der Waals surface area (Å²) in [6.45, 7) is 1.91. The van der Waals surface area contributed by atoms with Gasteiger partial charge in [-0.3, -0.25) is 9.59 Å². The average Bonchev–Trinajstić information content (AvgIpc) is 3.16. The minimum Gasteiger partial charge on any atom is -0.375 e. The van der Waals surface area contributed by atoms with Gasteiger partial charge in [0.25, 0.3) is 0 Å². The third-order valence-electron chi connectivity index (χ3n) is 4.94. The number of carbonyl (C=O) groups is 3.